The fraction of sp³-hybridized carbons (Fsp3) is 0.882. The van der Waals surface area contributed by atoms with E-state index in [9.17, 15) is 14.7 Å². The standard InChI is InChI=1S/C17H26O7/c1-3-21-13(19)15-6-7-16(10-12(15)18,14(20)22-4-2)17(11-15)23-8-5-9-24-17/h12,18H,3-11H2,1-2H3/t12-,15-,16?/m1/s1. The van der Waals surface area contributed by atoms with Gasteiger partial charge in [-0.2, -0.15) is 0 Å². The van der Waals surface area contributed by atoms with Crippen molar-refractivity contribution in [2.75, 3.05) is 26.4 Å². The Kier molecular flexibility index (Phi) is 4.61. The lowest BCUT2D eigenvalue weighted by Gasteiger charge is -2.62. The lowest BCUT2D eigenvalue weighted by molar-refractivity contribution is -0.371. The molecule has 4 aliphatic rings. The van der Waals surface area contributed by atoms with Gasteiger partial charge >= 0.3 is 11.9 Å². The van der Waals surface area contributed by atoms with Crippen LogP contribution in [0.3, 0.4) is 0 Å². The highest BCUT2D eigenvalue weighted by Crippen LogP contribution is 2.64. The minimum Gasteiger partial charge on any atom is -0.465 e. The molecule has 1 unspecified atom stereocenters. The lowest BCUT2D eigenvalue weighted by Crippen LogP contribution is -2.72. The Morgan fingerprint density at radius 3 is 2.29 bits per heavy atom. The molecule has 4 fully saturated rings. The molecule has 0 aromatic carbocycles. The minimum atomic E-state index is -1.22. The first kappa shape index (κ1) is 17.6. The minimum absolute atomic E-state index is 0.0879. The van der Waals surface area contributed by atoms with Gasteiger partial charge in [0.15, 0.2) is 5.79 Å². The molecule has 7 nitrogen and oxygen atoms in total. The Hall–Kier alpha value is -1.18. The van der Waals surface area contributed by atoms with Crippen molar-refractivity contribution in [3.63, 3.8) is 0 Å². The Bertz CT molecular complexity index is 513. The smallest absolute Gasteiger partial charge is 0.317 e. The third kappa shape index (κ3) is 2.29. The average molecular weight is 342 g/mol. The largest absolute Gasteiger partial charge is 0.465 e. The van der Waals surface area contributed by atoms with Gasteiger partial charge in [0.25, 0.3) is 0 Å². The molecule has 3 saturated carbocycles. The molecule has 1 N–H and O–H groups in total. The van der Waals surface area contributed by atoms with Crippen LogP contribution < -0.4 is 0 Å². The van der Waals surface area contributed by atoms with Crippen LogP contribution in [0.15, 0.2) is 0 Å². The maximum Gasteiger partial charge on any atom is 0.317 e. The van der Waals surface area contributed by atoms with Crippen molar-refractivity contribution in [3.05, 3.63) is 0 Å². The first-order chi connectivity index (χ1) is 11.5. The summed E-state index contributed by atoms with van der Waals surface area (Å²) in [5, 5.41) is 10.7. The van der Waals surface area contributed by atoms with Gasteiger partial charge < -0.3 is 24.1 Å². The molecule has 1 aliphatic heterocycles. The zero-order chi connectivity index (χ0) is 17.4. The van der Waals surface area contributed by atoms with Crippen LogP contribution in [0.4, 0.5) is 0 Å². The first-order valence-corrected chi connectivity index (χ1v) is 8.77. The monoisotopic (exact) mass is 342 g/mol. The Morgan fingerprint density at radius 1 is 1.08 bits per heavy atom. The van der Waals surface area contributed by atoms with E-state index in [0.717, 1.165) is 6.42 Å². The molecule has 3 aliphatic carbocycles. The van der Waals surface area contributed by atoms with E-state index in [1.54, 1.807) is 13.8 Å². The third-order valence-corrected chi connectivity index (χ3v) is 5.76. The molecule has 1 spiro atoms. The molecule has 0 aromatic rings. The first-order valence-electron chi connectivity index (χ1n) is 8.77. The summed E-state index contributed by atoms with van der Waals surface area (Å²) in [5.74, 6) is -2.07. The van der Waals surface area contributed by atoms with Gasteiger partial charge in [-0.3, -0.25) is 9.59 Å². The van der Waals surface area contributed by atoms with Crippen LogP contribution in [0.1, 0.15) is 46.0 Å². The second-order valence-electron chi connectivity index (χ2n) is 6.88. The fourth-order valence-electron chi connectivity index (χ4n) is 4.52. The molecule has 0 aromatic heterocycles. The molecule has 24 heavy (non-hydrogen) atoms. The summed E-state index contributed by atoms with van der Waals surface area (Å²) >= 11 is 0. The van der Waals surface area contributed by atoms with Crippen LogP contribution in [-0.4, -0.2) is 55.4 Å². The third-order valence-electron chi connectivity index (χ3n) is 5.76. The number of ether oxygens (including phenoxy) is 4. The van der Waals surface area contributed by atoms with E-state index >= 15 is 0 Å². The summed E-state index contributed by atoms with van der Waals surface area (Å²) in [5.41, 5.74) is -2.15. The Labute approximate surface area is 141 Å². The Morgan fingerprint density at radius 2 is 1.71 bits per heavy atom. The number of rotatable bonds is 4. The number of hydrogen-bond acceptors (Lipinski definition) is 7. The van der Waals surface area contributed by atoms with Gasteiger partial charge in [0.05, 0.1) is 37.9 Å². The molecule has 1 heterocycles. The molecule has 0 radical (unpaired) electrons. The molecule has 7 heteroatoms. The second-order valence-corrected chi connectivity index (χ2v) is 6.88. The van der Waals surface area contributed by atoms with Crippen LogP contribution >= 0.6 is 0 Å². The highest BCUT2D eigenvalue weighted by Gasteiger charge is 2.74. The molecule has 3 atom stereocenters. The van der Waals surface area contributed by atoms with Crippen molar-refractivity contribution < 1.29 is 33.6 Å². The normalized spacial score (nSPS) is 37.2. The summed E-state index contributed by atoms with van der Waals surface area (Å²) in [6, 6.07) is 0. The predicted molar refractivity (Wildman–Crippen MR) is 81.9 cm³/mol. The zero-order valence-corrected chi connectivity index (χ0v) is 14.3. The van der Waals surface area contributed by atoms with Crippen molar-refractivity contribution in [2.45, 2.75) is 57.8 Å². The van der Waals surface area contributed by atoms with Gasteiger partial charge in [0.1, 0.15) is 5.41 Å². The van der Waals surface area contributed by atoms with Crippen molar-refractivity contribution in [1.82, 2.24) is 0 Å². The van der Waals surface area contributed by atoms with Gasteiger partial charge in [-0.25, -0.2) is 0 Å². The number of hydrogen-bond donors (Lipinski definition) is 1. The second kappa shape index (κ2) is 6.28. The van der Waals surface area contributed by atoms with Crippen LogP contribution in [0, 0.1) is 10.8 Å². The predicted octanol–water partition coefficient (Wildman–Crippen LogP) is 1.17. The van der Waals surface area contributed by atoms with Crippen molar-refractivity contribution in [3.8, 4) is 0 Å². The van der Waals surface area contributed by atoms with E-state index in [4.69, 9.17) is 18.9 Å². The average Bonchev–Trinajstić information content (AvgIpc) is 2.57. The molecule has 4 rings (SSSR count). The molecule has 136 valence electrons. The van der Waals surface area contributed by atoms with Gasteiger partial charge in [-0.15, -0.1) is 0 Å². The lowest BCUT2D eigenvalue weighted by atomic mass is 9.49. The summed E-state index contributed by atoms with van der Waals surface area (Å²) in [6.07, 6.45) is 0.704. The number of esters is 2. The summed E-state index contributed by atoms with van der Waals surface area (Å²) < 4.78 is 22.5. The van der Waals surface area contributed by atoms with Crippen LogP contribution in [0.5, 0.6) is 0 Å². The van der Waals surface area contributed by atoms with E-state index in [0.29, 0.717) is 26.1 Å². The number of fused-ring (bicyclic) bond motifs is 2. The van der Waals surface area contributed by atoms with Crippen molar-refractivity contribution in [2.24, 2.45) is 10.8 Å². The quantitative estimate of drug-likeness (QED) is 0.767. The van der Waals surface area contributed by atoms with Gasteiger partial charge in [-0.05, 0) is 39.5 Å². The topological polar surface area (TPSA) is 91.3 Å². The molecular formula is C17H26O7. The number of carbonyl (C=O) groups excluding carboxylic acids is 2. The SMILES string of the molecule is CCOC(=O)C12CC[C@@](C(=O)OCC)(CC13OCCCO3)[C@H](O)C2. The van der Waals surface area contributed by atoms with Crippen LogP contribution in [0.2, 0.25) is 0 Å². The summed E-state index contributed by atoms with van der Waals surface area (Å²) in [6.45, 7) is 4.88. The van der Waals surface area contributed by atoms with E-state index in [2.05, 4.69) is 0 Å². The Balaban J connectivity index is 2.01. The molecule has 0 amide bonds. The van der Waals surface area contributed by atoms with E-state index in [1.165, 1.54) is 0 Å². The summed E-state index contributed by atoms with van der Waals surface area (Å²) in [7, 11) is 0. The van der Waals surface area contributed by atoms with E-state index in [-0.39, 0.29) is 26.1 Å². The molecule has 2 bridgehead atoms. The van der Waals surface area contributed by atoms with Gasteiger partial charge in [0.2, 0.25) is 0 Å². The van der Waals surface area contributed by atoms with Crippen LogP contribution in [-0.2, 0) is 28.5 Å². The van der Waals surface area contributed by atoms with E-state index < -0.39 is 34.7 Å². The summed E-state index contributed by atoms with van der Waals surface area (Å²) in [4.78, 5) is 25.4. The van der Waals surface area contributed by atoms with Crippen molar-refractivity contribution >= 4 is 11.9 Å². The van der Waals surface area contributed by atoms with Crippen LogP contribution in [0.25, 0.3) is 0 Å². The maximum atomic E-state index is 12.8. The van der Waals surface area contributed by atoms with Gasteiger partial charge in [-0.1, -0.05) is 0 Å². The zero-order valence-electron chi connectivity index (χ0n) is 14.3. The maximum absolute atomic E-state index is 12.8. The number of aliphatic hydroxyl groups excluding tert-OH is 1. The number of aliphatic hydroxyl groups is 1. The highest BCUT2D eigenvalue weighted by molar-refractivity contribution is 5.84. The van der Waals surface area contributed by atoms with Crippen molar-refractivity contribution in [1.29, 1.82) is 0 Å². The highest BCUT2D eigenvalue weighted by atomic mass is 16.7. The number of carbonyl (C=O) groups is 2. The van der Waals surface area contributed by atoms with E-state index in [1.807, 2.05) is 0 Å². The fourth-order valence-corrected chi connectivity index (χ4v) is 4.52. The molecular weight excluding hydrogens is 316 g/mol. The molecule has 1 saturated heterocycles. The van der Waals surface area contributed by atoms with Gasteiger partial charge in [0, 0.05) is 6.42 Å².